The van der Waals surface area contributed by atoms with E-state index >= 15 is 0 Å². The molecule has 0 saturated heterocycles. The van der Waals surface area contributed by atoms with Gasteiger partial charge in [0.1, 0.15) is 0 Å². The Bertz CT molecular complexity index is 1290. The van der Waals surface area contributed by atoms with Gasteiger partial charge in [0.25, 0.3) is 5.91 Å². The third kappa shape index (κ3) is 3.12. The van der Waals surface area contributed by atoms with Crippen LogP contribution in [0.2, 0.25) is 0 Å². The van der Waals surface area contributed by atoms with Gasteiger partial charge in [0.05, 0.1) is 5.52 Å². The summed E-state index contributed by atoms with van der Waals surface area (Å²) < 4.78 is 28.1. The van der Waals surface area contributed by atoms with E-state index in [2.05, 4.69) is 4.98 Å². The first-order valence-electron chi connectivity index (χ1n) is 9.82. The molecule has 0 bridgehead atoms. The van der Waals surface area contributed by atoms with Crippen LogP contribution in [0, 0.1) is 11.6 Å². The predicted molar refractivity (Wildman–Crippen MR) is 112 cm³/mol. The summed E-state index contributed by atoms with van der Waals surface area (Å²) >= 11 is 0. The molecule has 0 spiro atoms. The van der Waals surface area contributed by atoms with E-state index in [0.29, 0.717) is 30.6 Å². The number of aromatic nitrogens is 1. The van der Waals surface area contributed by atoms with Gasteiger partial charge in [-0.15, -0.1) is 0 Å². The van der Waals surface area contributed by atoms with Gasteiger partial charge in [0.15, 0.2) is 11.6 Å². The fraction of sp³-hybridized carbons (Fsp3) is 0.120. The number of halogens is 2. The first kappa shape index (κ1) is 18.4. The molecule has 0 radical (unpaired) electrons. The van der Waals surface area contributed by atoms with Crippen molar-refractivity contribution in [3.05, 3.63) is 101 Å². The number of hydrogen-bond acceptors (Lipinski definition) is 2. The van der Waals surface area contributed by atoms with Crippen LogP contribution in [0.1, 0.15) is 21.6 Å². The van der Waals surface area contributed by atoms with Gasteiger partial charge in [-0.2, -0.15) is 0 Å². The molecule has 3 nitrogen and oxygen atoms in total. The molecule has 1 aliphatic heterocycles. The molecule has 1 aliphatic rings. The first-order chi connectivity index (χ1) is 14.6. The second kappa shape index (κ2) is 7.34. The van der Waals surface area contributed by atoms with Crippen molar-refractivity contribution in [2.75, 3.05) is 6.54 Å². The number of rotatable bonds is 4. The van der Waals surface area contributed by atoms with E-state index < -0.39 is 11.6 Å². The number of nitrogens with zero attached hydrogens (tertiary/aromatic N) is 2. The maximum absolute atomic E-state index is 14.4. The topological polar surface area (TPSA) is 33.2 Å². The van der Waals surface area contributed by atoms with Crippen molar-refractivity contribution in [2.24, 2.45) is 0 Å². The summed E-state index contributed by atoms with van der Waals surface area (Å²) in [5, 5.41) is 1.08. The maximum Gasteiger partial charge on any atom is 0.254 e. The second-order valence-electron chi connectivity index (χ2n) is 7.41. The van der Waals surface area contributed by atoms with Crippen molar-refractivity contribution in [2.45, 2.75) is 13.0 Å². The lowest BCUT2D eigenvalue weighted by Crippen LogP contribution is -2.26. The number of para-hydroxylation sites is 1. The zero-order chi connectivity index (χ0) is 20.7. The molecule has 0 fully saturated rings. The highest BCUT2D eigenvalue weighted by Gasteiger charge is 2.30. The van der Waals surface area contributed by atoms with Gasteiger partial charge in [-0.3, -0.25) is 9.78 Å². The van der Waals surface area contributed by atoms with E-state index in [1.165, 1.54) is 6.07 Å². The van der Waals surface area contributed by atoms with Crippen molar-refractivity contribution < 1.29 is 13.6 Å². The van der Waals surface area contributed by atoms with Gasteiger partial charge in [0.2, 0.25) is 0 Å². The summed E-state index contributed by atoms with van der Waals surface area (Å²) in [5.41, 5.74) is 3.85. The molecule has 30 heavy (non-hydrogen) atoms. The molecule has 0 unspecified atom stereocenters. The molecule has 2 heterocycles. The molecule has 3 aromatic carbocycles. The van der Waals surface area contributed by atoms with Gasteiger partial charge in [-0.05, 0) is 35.4 Å². The Kier molecular flexibility index (Phi) is 4.51. The summed E-state index contributed by atoms with van der Waals surface area (Å²) in [6, 6.07) is 21.2. The molecule has 5 rings (SSSR count). The van der Waals surface area contributed by atoms with E-state index in [1.54, 1.807) is 29.2 Å². The smallest absolute Gasteiger partial charge is 0.254 e. The van der Waals surface area contributed by atoms with Crippen molar-refractivity contribution in [3.63, 3.8) is 0 Å². The Hall–Kier alpha value is -3.60. The minimum absolute atomic E-state index is 0.0931. The molecule has 0 N–H and O–H groups in total. The zero-order valence-electron chi connectivity index (χ0n) is 16.1. The molecule has 4 aromatic rings. The fourth-order valence-electron chi connectivity index (χ4n) is 4.03. The Labute approximate surface area is 172 Å². The summed E-state index contributed by atoms with van der Waals surface area (Å²) in [4.78, 5) is 19.3. The lowest BCUT2D eigenvalue weighted by molar-refractivity contribution is 0.0780. The van der Waals surface area contributed by atoms with Crippen LogP contribution in [0.5, 0.6) is 0 Å². The highest BCUT2D eigenvalue weighted by molar-refractivity contribution is 6.00. The van der Waals surface area contributed by atoms with Gasteiger partial charge < -0.3 is 4.90 Å². The van der Waals surface area contributed by atoms with Crippen molar-refractivity contribution in [1.82, 2.24) is 9.88 Å². The van der Waals surface area contributed by atoms with Crippen LogP contribution < -0.4 is 0 Å². The third-order valence-electron chi connectivity index (χ3n) is 5.58. The molecule has 5 heteroatoms. The third-order valence-corrected chi connectivity index (χ3v) is 5.58. The van der Waals surface area contributed by atoms with Crippen molar-refractivity contribution in [3.8, 4) is 11.1 Å². The quantitative estimate of drug-likeness (QED) is 0.461. The van der Waals surface area contributed by atoms with E-state index in [0.717, 1.165) is 28.2 Å². The predicted octanol–water partition coefficient (Wildman–Crippen LogP) is 5.38. The molecule has 0 saturated carbocycles. The highest BCUT2D eigenvalue weighted by atomic mass is 19.2. The monoisotopic (exact) mass is 400 g/mol. The van der Waals surface area contributed by atoms with Gasteiger partial charge in [-0.25, -0.2) is 8.78 Å². The van der Waals surface area contributed by atoms with E-state index in [9.17, 15) is 13.6 Å². The molecule has 0 atom stereocenters. The zero-order valence-corrected chi connectivity index (χ0v) is 16.1. The molecule has 0 aliphatic carbocycles. The standard InChI is InChI=1S/C25H18F2N2O/c26-22-9-4-7-19(24(22)27)18-6-3-8-20-21(18)15-29(25(20)30)14-13-17-12-11-16-5-1-2-10-23(16)28-17/h1-12H,13-15H2. The largest absolute Gasteiger partial charge is 0.334 e. The Morgan fingerprint density at radius 2 is 1.60 bits per heavy atom. The van der Waals surface area contributed by atoms with Crippen LogP contribution in [-0.4, -0.2) is 22.3 Å². The number of carbonyl (C=O) groups is 1. The van der Waals surface area contributed by atoms with Crippen LogP contribution >= 0.6 is 0 Å². The number of benzene rings is 3. The van der Waals surface area contributed by atoms with E-state index in [4.69, 9.17) is 0 Å². The van der Waals surface area contributed by atoms with Crippen LogP contribution in [0.15, 0.2) is 72.8 Å². The summed E-state index contributed by atoms with van der Waals surface area (Å²) in [5.74, 6) is -1.88. The number of fused-ring (bicyclic) bond motifs is 2. The molecule has 1 aromatic heterocycles. The first-order valence-corrected chi connectivity index (χ1v) is 9.82. The van der Waals surface area contributed by atoms with E-state index in [-0.39, 0.29) is 11.5 Å². The average molecular weight is 400 g/mol. The van der Waals surface area contributed by atoms with Crippen LogP contribution in [0.25, 0.3) is 22.0 Å². The highest BCUT2D eigenvalue weighted by Crippen LogP contribution is 2.34. The lowest BCUT2D eigenvalue weighted by atomic mass is 9.96. The molecule has 1 amide bonds. The number of carbonyl (C=O) groups excluding carboxylic acids is 1. The molecule has 148 valence electrons. The Morgan fingerprint density at radius 1 is 0.833 bits per heavy atom. The van der Waals surface area contributed by atoms with Gasteiger partial charge >= 0.3 is 0 Å². The fourth-order valence-corrected chi connectivity index (χ4v) is 4.03. The number of amides is 1. The van der Waals surface area contributed by atoms with Gasteiger partial charge in [-0.1, -0.05) is 48.5 Å². The van der Waals surface area contributed by atoms with Crippen LogP contribution in [0.4, 0.5) is 8.78 Å². The summed E-state index contributed by atoms with van der Waals surface area (Å²) in [7, 11) is 0. The average Bonchev–Trinajstić information content (AvgIpc) is 3.10. The normalized spacial score (nSPS) is 13.1. The Morgan fingerprint density at radius 3 is 2.50 bits per heavy atom. The van der Waals surface area contributed by atoms with Crippen molar-refractivity contribution >= 4 is 16.8 Å². The maximum atomic E-state index is 14.4. The lowest BCUT2D eigenvalue weighted by Gasteiger charge is -2.15. The van der Waals surface area contributed by atoms with Crippen LogP contribution in [0.3, 0.4) is 0 Å². The van der Waals surface area contributed by atoms with Gasteiger partial charge in [0, 0.05) is 41.7 Å². The SMILES string of the molecule is O=C1c2cccc(-c3cccc(F)c3F)c2CN1CCc1ccc2ccccc2n1. The molecular formula is C25H18F2N2O. The minimum Gasteiger partial charge on any atom is -0.334 e. The second-order valence-corrected chi connectivity index (χ2v) is 7.41. The number of pyridine rings is 1. The number of hydrogen-bond donors (Lipinski definition) is 0. The summed E-state index contributed by atoms with van der Waals surface area (Å²) in [6.45, 7) is 0.873. The Balaban J connectivity index is 1.40. The summed E-state index contributed by atoms with van der Waals surface area (Å²) in [6.07, 6.45) is 0.619. The van der Waals surface area contributed by atoms with Crippen molar-refractivity contribution in [1.29, 1.82) is 0 Å². The minimum atomic E-state index is -0.895. The molecular weight excluding hydrogens is 382 g/mol. The van der Waals surface area contributed by atoms with E-state index in [1.807, 2.05) is 36.4 Å². The van der Waals surface area contributed by atoms with Crippen LogP contribution in [-0.2, 0) is 13.0 Å².